The smallest absolute Gasteiger partial charge is 0.112 e. The van der Waals surface area contributed by atoms with Gasteiger partial charge in [-0.25, -0.2) is 0 Å². The fourth-order valence-corrected chi connectivity index (χ4v) is 2.68. The topological polar surface area (TPSA) is 30.5 Å². The molecule has 0 radical (unpaired) electrons. The average Bonchev–Trinajstić information content (AvgIpc) is 2.45. The number of methoxy groups -OCH3 is 1. The Morgan fingerprint density at radius 2 is 2.11 bits per heavy atom. The van der Waals surface area contributed by atoms with E-state index >= 15 is 0 Å². The Bertz CT molecular complexity index is 251. The van der Waals surface area contributed by atoms with Gasteiger partial charge in [-0.2, -0.15) is 0 Å². The molecule has 3 nitrogen and oxygen atoms in total. The highest BCUT2D eigenvalue weighted by Gasteiger charge is 2.39. The maximum atomic E-state index is 5.87. The lowest BCUT2D eigenvalue weighted by atomic mass is 9.86. The summed E-state index contributed by atoms with van der Waals surface area (Å²) in [6.07, 6.45) is 7.58. The average molecular weight is 255 g/mol. The van der Waals surface area contributed by atoms with E-state index in [1.54, 1.807) is 0 Å². The third-order valence-electron chi connectivity index (χ3n) is 3.98. The first kappa shape index (κ1) is 15.5. The molecule has 0 aromatic rings. The maximum absolute atomic E-state index is 5.87. The van der Waals surface area contributed by atoms with Crippen LogP contribution in [0.3, 0.4) is 0 Å². The summed E-state index contributed by atoms with van der Waals surface area (Å²) in [5.41, 5.74) is -0.154. The largest absolute Gasteiger partial charge is 0.496 e. The molecular weight excluding hydrogens is 226 g/mol. The van der Waals surface area contributed by atoms with Gasteiger partial charge in [-0.15, -0.1) is 0 Å². The van der Waals surface area contributed by atoms with E-state index < -0.39 is 0 Å². The molecule has 0 spiro atoms. The molecule has 0 fully saturated rings. The molecule has 0 amide bonds. The Balaban J connectivity index is 2.90. The molecule has 1 unspecified atom stereocenters. The molecule has 1 aliphatic heterocycles. The summed E-state index contributed by atoms with van der Waals surface area (Å²) < 4.78 is 11.7. The van der Waals surface area contributed by atoms with Crippen molar-refractivity contribution in [2.75, 3.05) is 20.3 Å². The van der Waals surface area contributed by atoms with Crippen LogP contribution in [0.15, 0.2) is 11.8 Å². The van der Waals surface area contributed by atoms with Gasteiger partial charge in [0, 0.05) is 7.11 Å². The minimum Gasteiger partial charge on any atom is -0.496 e. The summed E-state index contributed by atoms with van der Waals surface area (Å²) >= 11 is 0. The van der Waals surface area contributed by atoms with Crippen LogP contribution in [0.4, 0.5) is 0 Å². The van der Waals surface area contributed by atoms with Gasteiger partial charge in [0.2, 0.25) is 0 Å². The van der Waals surface area contributed by atoms with E-state index in [2.05, 4.69) is 32.2 Å². The SMILES string of the molecule is CCCNC(C1=CCCCO1)C(CC)(CC)OC. The second-order valence-electron chi connectivity index (χ2n) is 4.96. The molecular formula is C15H29NO2. The highest BCUT2D eigenvalue weighted by Crippen LogP contribution is 2.30. The highest BCUT2D eigenvalue weighted by atomic mass is 16.5. The van der Waals surface area contributed by atoms with Crippen molar-refractivity contribution in [3.05, 3.63) is 11.8 Å². The number of ether oxygens (including phenoxy) is 2. The molecule has 1 atom stereocenters. The van der Waals surface area contributed by atoms with Crippen molar-refractivity contribution in [2.45, 2.75) is 64.5 Å². The number of allylic oxidation sites excluding steroid dienone is 1. The Morgan fingerprint density at radius 3 is 2.56 bits per heavy atom. The lowest BCUT2D eigenvalue weighted by Crippen LogP contribution is -2.53. The van der Waals surface area contributed by atoms with Crippen LogP contribution in [0, 0.1) is 0 Å². The fraction of sp³-hybridized carbons (Fsp3) is 0.867. The first-order valence-corrected chi connectivity index (χ1v) is 7.35. The molecule has 0 bridgehead atoms. The van der Waals surface area contributed by atoms with Crippen LogP contribution in [0.25, 0.3) is 0 Å². The van der Waals surface area contributed by atoms with Gasteiger partial charge >= 0.3 is 0 Å². The molecule has 0 saturated heterocycles. The van der Waals surface area contributed by atoms with Crippen molar-refractivity contribution in [1.29, 1.82) is 0 Å². The predicted molar refractivity (Wildman–Crippen MR) is 75.7 cm³/mol. The van der Waals surface area contributed by atoms with Crippen LogP contribution in [-0.2, 0) is 9.47 Å². The van der Waals surface area contributed by atoms with E-state index in [0.717, 1.165) is 51.0 Å². The molecule has 18 heavy (non-hydrogen) atoms. The zero-order valence-corrected chi connectivity index (χ0v) is 12.4. The van der Waals surface area contributed by atoms with Crippen LogP contribution in [0.5, 0.6) is 0 Å². The summed E-state index contributed by atoms with van der Waals surface area (Å²) in [6, 6.07) is 0.178. The number of hydrogen-bond acceptors (Lipinski definition) is 3. The van der Waals surface area contributed by atoms with Crippen LogP contribution in [0.2, 0.25) is 0 Å². The molecule has 0 aliphatic carbocycles. The first-order chi connectivity index (χ1) is 8.74. The molecule has 0 aromatic carbocycles. The predicted octanol–water partition coefficient (Wildman–Crippen LogP) is 3.25. The van der Waals surface area contributed by atoms with Crippen molar-refractivity contribution in [3.63, 3.8) is 0 Å². The van der Waals surface area contributed by atoms with Crippen molar-refractivity contribution >= 4 is 0 Å². The molecule has 1 N–H and O–H groups in total. The van der Waals surface area contributed by atoms with Crippen molar-refractivity contribution < 1.29 is 9.47 Å². The Morgan fingerprint density at radius 1 is 1.39 bits per heavy atom. The van der Waals surface area contributed by atoms with Crippen molar-refractivity contribution in [1.82, 2.24) is 5.32 Å². The highest BCUT2D eigenvalue weighted by molar-refractivity contribution is 5.13. The summed E-state index contributed by atoms with van der Waals surface area (Å²) in [5.74, 6) is 1.08. The quantitative estimate of drug-likeness (QED) is 0.722. The van der Waals surface area contributed by atoms with E-state index in [1.165, 1.54) is 0 Å². The van der Waals surface area contributed by atoms with Gasteiger partial charge in [-0.1, -0.05) is 20.8 Å². The van der Waals surface area contributed by atoms with E-state index in [0.29, 0.717) is 0 Å². The van der Waals surface area contributed by atoms with Gasteiger partial charge in [0.05, 0.1) is 18.2 Å². The van der Waals surface area contributed by atoms with Crippen LogP contribution >= 0.6 is 0 Å². The van der Waals surface area contributed by atoms with E-state index in [1.807, 2.05) is 7.11 Å². The van der Waals surface area contributed by atoms with Crippen molar-refractivity contribution in [2.24, 2.45) is 0 Å². The number of hydrogen-bond donors (Lipinski definition) is 1. The second kappa shape index (κ2) is 7.80. The monoisotopic (exact) mass is 255 g/mol. The van der Waals surface area contributed by atoms with Crippen LogP contribution < -0.4 is 5.32 Å². The lowest BCUT2D eigenvalue weighted by molar-refractivity contribution is -0.0525. The van der Waals surface area contributed by atoms with Crippen molar-refractivity contribution in [3.8, 4) is 0 Å². The fourth-order valence-electron chi connectivity index (χ4n) is 2.68. The summed E-state index contributed by atoms with van der Waals surface area (Å²) in [6.45, 7) is 8.40. The zero-order valence-electron chi connectivity index (χ0n) is 12.4. The van der Waals surface area contributed by atoms with Crippen LogP contribution in [-0.4, -0.2) is 31.9 Å². The lowest BCUT2D eigenvalue weighted by Gasteiger charge is -2.40. The normalized spacial score (nSPS) is 18.1. The van der Waals surface area contributed by atoms with Gasteiger partial charge in [-0.05, 0) is 44.7 Å². The van der Waals surface area contributed by atoms with Gasteiger partial charge in [0.25, 0.3) is 0 Å². The summed E-state index contributed by atoms with van der Waals surface area (Å²) in [4.78, 5) is 0. The first-order valence-electron chi connectivity index (χ1n) is 7.35. The molecule has 0 aromatic heterocycles. The van der Waals surface area contributed by atoms with Crippen LogP contribution in [0.1, 0.15) is 52.9 Å². The minimum atomic E-state index is -0.154. The molecule has 1 heterocycles. The van der Waals surface area contributed by atoms with E-state index in [-0.39, 0.29) is 11.6 Å². The summed E-state index contributed by atoms with van der Waals surface area (Å²) in [7, 11) is 1.82. The number of rotatable bonds is 8. The number of nitrogens with one attached hydrogen (secondary N) is 1. The van der Waals surface area contributed by atoms with Gasteiger partial charge in [0.15, 0.2) is 0 Å². The standard InChI is InChI=1S/C15H29NO2/c1-5-11-16-14(13-10-8-9-12-18-13)15(6-2,7-3)17-4/h10,14,16H,5-9,11-12H2,1-4H3. The Kier molecular flexibility index (Phi) is 6.72. The third kappa shape index (κ3) is 3.48. The van der Waals surface area contributed by atoms with E-state index in [9.17, 15) is 0 Å². The second-order valence-corrected chi connectivity index (χ2v) is 4.96. The van der Waals surface area contributed by atoms with Gasteiger partial charge < -0.3 is 14.8 Å². The Hall–Kier alpha value is -0.540. The molecule has 106 valence electrons. The van der Waals surface area contributed by atoms with Gasteiger partial charge in [0.1, 0.15) is 5.76 Å². The van der Waals surface area contributed by atoms with Gasteiger partial charge in [-0.3, -0.25) is 0 Å². The van der Waals surface area contributed by atoms with E-state index in [4.69, 9.17) is 9.47 Å². The zero-order chi connectivity index (χ0) is 13.4. The summed E-state index contributed by atoms with van der Waals surface area (Å²) in [5, 5.41) is 3.61. The maximum Gasteiger partial charge on any atom is 0.112 e. The third-order valence-corrected chi connectivity index (χ3v) is 3.98. The minimum absolute atomic E-state index is 0.154. The Labute approximate surface area is 112 Å². The molecule has 1 aliphatic rings. The molecule has 0 saturated carbocycles. The molecule has 3 heteroatoms. The molecule has 1 rings (SSSR count).